The molecule has 0 aromatic heterocycles. The van der Waals surface area contributed by atoms with Gasteiger partial charge < -0.3 is 10.2 Å². The molecule has 1 saturated heterocycles. The van der Waals surface area contributed by atoms with Gasteiger partial charge in [0.25, 0.3) is 0 Å². The molecule has 1 aromatic carbocycles. The zero-order valence-electron chi connectivity index (χ0n) is 10.7. The lowest BCUT2D eigenvalue weighted by Crippen LogP contribution is -2.39. The molecule has 0 spiro atoms. The minimum Gasteiger partial charge on any atom is -0.344 e. The third kappa shape index (κ3) is 3.82. The van der Waals surface area contributed by atoms with Crippen LogP contribution in [0, 0.1) is 0 Å². The first kappa shape index (κ1) is 13.6. The van der Waals surface area contributed by atoms with Gasteiger partial charge in [0.15, 0.2) is 0 Å². The SMILES string of the molecule is CN(CC1CCCN1)C(=O)Cc1cccc(Br)c1. The Morgan fingerprint density at radius 3 is 3.06 bits per heavy atom. The van der Waals surface area contributed by atoms with E-state index < -0.39 is 0 Å². The van der Waals surface area contributed by atoms with E-state index in [1.807, 2.05) is 36.2 Å². The summed E-state index contributed by atoms with van der Waals surface area (Å²) >= 11 is 3.43. The lowest BCUT2D eigenvalue weighted by atomic mass is 10.1. The van der Waals surface area contributed by atoms with E-state index in [1.54, 1.807) is 0 Å². The van der Waals surface area contributed by atoms with Crippen LogP contribution < -0.4 is 5.32 Å². The number of rotatable bonds is 4. The molecule has 0 bridgehead atoms. The molecule has 98 valence electrons. The summed E-state index contributed by atoms with van der Waals surface area (Å²) in [6.45, 7) is 1.89. The van der Waals surface area contributed by atoms with Crippen molar-refractivity contribution in [1.82, 2.24) is 10.2 Å². The van der Waals surface area contributed by atoms with Crippen molar-refractivity contribution in [2.45, 2.75) is 25.3 Å². The lowest BCUT2D eigenvalue weighted by molar-refractivity contribution is -0.129. The van der Waals surface area contributed by atoms with Crippen molar-refractivity contribution in [1.29, 1.82) is 0 Å². The number of benzene rings is 1. The second kappa shape index (κ2) is 6.34. The highest BCUT2D eigenvalue weighted by Crippen LogP contribution is 2.13. The van der Waals surface area contributed by atoms with Crippen LogP contribution in [0.4, 0.5) is 0 Å². The maximum atomic E-state index is 12.1. The average molecular weight is 311 g/mol. The van der Waals surface area contributed by atoms with Gasteiger partial charge in [-0.05, 0) is 37.1 Å². The molecule has 0 aliphatic carbocycles. The van der Waals surface area contributed by atoms with Crippen LogP contribution in [0.2, 0.25) is 0 Å². The maximum Gasteiger partial charge on any atom is 0.226 e. The van der Waals surface area contributed by atoms with E-state index >= 15 is 0 Å². The first-order chi connectivity index (χ1) is 8.65. The molecule has 0 radical (unpaired) electrons. The first-order valence-electron chi connectivity index (χ1n) is 6.37. The van der Waals surface area contributed by atoms with Crippen LogP contribution in [0.1, 0.15) is 18.4 Å². The molecule has 1 N–H and O–H groups in total. The number of hydrogen-bond donors (Lipinski definition) is 1. The molecule has 1 fully saturated rings. The van der Waals surface area contributed by atoms with Gasteiger partial charge in [-0.1, -0.05) is 28.1 Å². The standard InChI is InChI=1S/C14H19BrN2O/c1-17(10-13-6-3-7-16-13)14(18)9-11-4-2-5-12(15)8-11/h2,4-5,8,13,16H,3,6-7,9-10H2,1H3. The van der Waals surface area contributed by atoms with Crippen LogP contribution in [0.3, 0.4) is 0 Å². The van der Waals surface area contributed by atoms with Crippen molar-refractivity contribution in [2.24, 2.45) is 0 Å². The molecular formula is C14H19BrN2O. The Morgan fingerprint density at radius 1 is 1.56 bits per heavy atom. The van der Waals surface area contributed by atoms with Gasteiger partial charge in [0, 0.05) is 24.1 Å². The van der Waals surface area contributed by atoms with Gasteiger partial charge in [0.05, 0.1) is 6.42 Å². The minimum absolute atomic E-state index is 0.182. The van der Waals surface area contributed by atoms with Crippen LogP contribution in [0.5, 0.6) is 0 Å². The highest BCUT2D eigenvalue weighted by atomic mass is 79.9. The number of amides is 1. The normalized spacial score (nSPS) is 18.9. The summed E-state index contributed by atoms with van der Waals surface area (Å²) in [5, 5.41) is 3.41. The summed E-state index contributed by atoms with van der Waals surface area (Å²) in [6, 6.07) is 8.40. The smallest absolute Gasteiger partial charge is 0.226 e. The molecule has 2 rings (SSSR count). The number of nitrogens with one attached hydrogen (secondary N) is 1. The van der Waals surface area contributed by atoms with E-state index in [0.29, 0.717) is 12.5 Å². The van der Waals surface area contributed by atoms with Crippen molar-refractivity contribution in [3.8, 4) is 0 Å². The topological polar surface area (TPSA) is 32.3 Å². The van der Waals surface area contributed by atoms with Gasteiger partial charge >= 0.3 is 0 Å². The Bertz CT molecular complexity index is 416. The lowest BCUT2D eigenvalue weighted by Gasteiger charge is -2.21. The zero-order valence-corrected chi connectivity index (χ0v) is 12.2. The van der Waals surface area contributed by atoms with Crippen LogP contribution in [-0.2, 0) is 11.2 Å². The van der Waals surface area contributed by atoms with Crippen molar-refractivity contribution in [3.63, 3.8) is 0 Å². The van der Waals surface area contributed by atoms with Crippen molar-refractivity contribution < 1.29 is 4.79 Å². The summed E-state index contributed by atoms with van der Waals surface area (Å²) in [6.07, 6.45) is 2.87. The summed E-state index contributed by atoms with van der Waals surface area (Å²) in [5.41, 5.74) is 1.06. The van der Waals surface area contributed by atoms with Crippen LogP contribution in [-0.4, -0.2) is 37.0 Å². The van der Waals surface area contributed by atoms with Gasteiger partial charge in [-0.15, -0.1) is 0 Å². The van der Waals surface area contributed by atoms with Gasteiger partial charge in [-0.3, -0.25) is 4.79 Å². The molecule has 1 aromatic rings. The Hall–Kier alpha value is -0.870. The van der Waals surface area contributed by atoms with E-state index in [2.05, 4.69) is 21.2 Å². The molecule has 1 heterocycles. The quantitative estimate of drug-likeness (QED) is 0.924. The van der Waals surface area contributed by atoms with E-state index in [0.717, 1.165) is 23.1 Å². The Kier molecular flexibility index (Phi) is 4.78. The Morgan fingerprint density at radius 2 is 2.39 bits per heavy atom. The summed E-state index contributed by atoms with van der Waals surface area (Å²) in [4.78, 5) is 13.9. The average Bonchev–Trinajstić information content (AvgIpc) is 2.81. The highest BCUT2D eigenvalue weighted by molar-refractivity contribution is 9.10. The molecule has 1 unspecified atom stereocenters. The van der Waals surface area contributed by atoms with Gasteiger partial charge in [-0.25, -0.2) is 0 Å². The number of hydrogen-bond acceptors (Lipinski definition) is 2. The van der Waals surface area contributed by atoms with Gasteiger partial charge in [-0.2, -0.15) is 0 Å². The number of likely N-dealkylation sites (N-methyl/N-ethyl adjacent to an activating group) is 1. The predicted octanol–water partition coefficient (Wildman–Crippen LogP) is 2.20. The van der Waals surface area contributed by atoms with Crippen molar-refractivity contribution in [2.75, 3.05) is 20.1 Å². The van der Waals surface area contributed by atoms with Crippen molar-refractivity contribution in [3.05, 3.63) is 34.3 Å². The minimum atomic E-state index is 0.182. The van der Waals surface area contributed by atoms with E-state index in [-0.39, 0.29) is 5.91 Å². The fraction of sp³-hybridized carbons (Fsp3) is 0.500. The van der Waals surface area contributed by atoms with Crippen molar-refractivity contribution >= 4 is 21.8 Å². The Balaban J connectivity index is 1.86. The molecule has 1 amide bonds. The largest absolute Gasteiger partial charge is 0.344 e. The van der Waals surface area contributed by atoms with E-state index in [9.17, 15) is 4.79 Å². The molecule has 1 aliphatic rings. The summed E-state index contributed by atoms with van der Waals surface area (Å²) in [5.74, 6) is 0.182. The van der Waals surface area contributed by atoms with Crippen LogP contribution >= 0.6 is 15.9 Å². The maximum absolute atomic E-state index is 12.1. The van der Waals surface area contributed by atoms with Gasteiger partial charge in [0.2, 0.25) is 5.91 Å². The number of halogens is 1. The highest BCUT2D eigenvalue weighted by Gasteiger charge is 2.18. The van der Waals surface area contributed by atoms with Gasteiger partial charge in [0.1, 0.15) is 0 Å². The Labute approximate surface area is 117 Å². The van der Waals surface area contributed by atoms with Crippen LogP contribution in [0.25, 0.3) is 0 Å². The third-order valence-electron chi connectivity index (χ3n) is 3.33. The molecule has 18 heavy (non-hydrogen) atoms. The molecule has 0 saturated carbocycles. The third-order valence-corrected chi connectivity index (χ3v) is 3.82. The number of carbonyl (C=O) groups excluding carboxylic acids is 1. The first-order valence-corrected chi connectivity index (χ1v) is 7.16. The fourth-order valence-electron chi connectivity index (χ4n) is 2.30. The van der Waals surface area contributed by atoms with E-state index in [1.165, 1.54) is 12.8 Å². The summed E-state index contributed by atoms with van der Waals surface area (Å²) < 4.78 is 1.02. The second-order valence-electron chi connectivity index (χ2n) is 4.87. The monoisotopic (exact) mass is 310 g/mol. The molecule has 4 heteroatoms. The fourth-order valence-corrected chi connectivity index (χ4v) is 2.75. The zero-order chi connectivity index (χ0) is 13.0. The molecule has 1 aliphatic heterocycles. The molecule has 3 nitrogen and oxygen atoms in total. The molecule has 1 atom stereocenters. The molecular weight excluding hydrogens is 292 g/mol. The van der Waals surface area contributed by atoms with Crippen LogP contribution in [0.15, 0.2) is 28.7 Å². The predicted molar refractivity (Wildman–Crippen MR) is 76.5 cm³/mol. The summed E-state index contributed by atoms with van der Waals surface area (Å²) in [7, 11) is 1.89. The van der Waals surface area contributed by atoms with E-state index in [4.69, 9.17) is 0 Å². The number of carbonyl (C=O) groups is 1. The number of nitrogens with zero attached hydrogens (tertiary/aromatic N) is 1. The second-order valence-corrected chi connectivity index (χ2v) is 5.79.